The molecule has 1 aromatic carbocycles. The fourth-order valence-corrected chi connectivity index (χ4v) is 3.47. The van der Waals surface area contributed by atoms with Crippen molar-refractivity contribution in [1.82, 2.24) is 18.9 Å². The Hall–Kier alpha value is -3.73. The lowest BCUT2D eigenvalue weighted by Crippen LogP contribution is -2.21. The van der Waals surface area contributed by atoms with Gasteiger partial charge in [0.05, 0.1) is 24.0 Å². The van der Waals surface area contributed by atoms with Crippen molar-refractivity contribution in [2.75, 3.05) is 0 Å². The summed E-state index contributed by atoms with van der Waals surface area (Å²) in [6, 6.07) is 22.3. The summed E-state index contributed by atoms with van der Waals surface area (Å²) in [6.45, 7) is 0.473. The Labute approximate surface area is 155 Å². The highest BCUT2D eigenvalue weighted by Crippen LogP contribution is 2.24. The minimum absolute atomic E-state index is 0.131. The van der Waals surface area contributed by atoms with E-state index in [1.807, 2.05) is 36.4 Å². The van der Waals surface area contributed by atoms with Gasteiger partial charge in [-0.1, -0.05) is 24.3 Å². The van der Waals surface area contributed by atoms with Gasteiger partial charge < -0.3 is 4.40 Å². The van der Waals surface area contributed by atoms with Gasteiger partial charge in [-0.25, -0.2) is 9.97 Å². The number of benzene rings is 1. The number of nitrogens with zero attached hydrogens (tertiary/aromatic N) is 4. The summed E-state index contributed by atoms with van der Waals surface area (Å²) < 4.78 is 3.88. The molecule has 130 valence electrons. The maximum Gasteiger partial charge on any atom is 0.269 e. The van der Waals surface area contributed by atoms with Crippen LogP contribution in [0.25, 0.3) is 27.9 Å². The quantitative estimate of drug-likeness (QED) is 0.497. The molecule has 5 aromatic rings. The molecule has 5 heteroatoms. The molecular weight excluding hydrogens is 336 g/mol. The third-order valence-electron chi connectivity index (χ3n) is 4.75. The van der Waals surface area contributed by atoms with Crippen molar-refractivity contribution < 1.29 is 0 Å². The molecule has 0 atom stereocenters. The Morgan fingerprint density at radius 1 is 0.889 bits per heavy atom. The van der Waals surface area contributed by atoms with E-state index in [1.165, 1.54) is 6.20 Å². The molecule has 5 nitrogen and oxygen atoms in total. The number of hydrogen-bond donors (Lipinski definition) is 0. The first kappa shape index (κ1) is 15.5. The van der Waals surface area contributed by atoms with E-state index in [2.05, 4.69) is 50.9 Å². The zero-order chi connectivity index (χ0) is 18.2. The first-order valence-corrected chi connectivity index (χ1v) is 8.75. The zero-order valence-electron chi connectivity index (χ0n) is 14.5. The minimum atomic E-state index is -0.131. The third kappa shape index (κ3) is 2.69. The van der Waals surface area contributed by atoms with Gasteiger partial charge in [-0.2, -0.15) is 0 Å². The lowest BCUT2D eigenvalue weighted by Gasteiger charge is -2.10. The van der Waals surface area contributed by atoms with Crippen molar-refractivity contribution in [1.29, 1.82) is 0 Å². The van der Waals surface area contributed by atoms with E-state index in [-0.39, 0.29) is 5.56 Å². The summed E-state index contributed by atoms with van der Waals surface area (Å²) in [7, 11) is 0. The number of hydrogen-bond acceptors (Lipinski definition) is 3. The first-order valence-electron chi connectivity index (χ1n) is 8.75. The molecule has 0 saturated heterocycles. The van der Waals surface area contributed by atoms with E-state index in [4.69, 9.17) is 0 Å². The van der Waals surface area contributed by atoms with Crippen LogP contribution in [0.3, 0.4) is 0 Å². The average molecular weight is 352 g/mol. The van der Waals surface area contributed by atoms with Gasteiger partial charge in [0.25, 0.3) is 5.56 Å². The van der Waals surface area contributed by atoms with Gasteiger partial charge >= 0.3 is 0 Å². The van der Waals surface area contributed by atoms with E-state index < -0.39 is 0 Å². The second kappa shape index (κ2) is 6.21. The van der Waals surface area contributed by atoms with Crippen LogP contribution in [-0.2, 0) is 6.54 Å². The van der Waals surface area contributed by atoms with E-state index >= 15 is 0 Å². The van der Waals surface area contributed by atoms with E-state index in [1.54, 1.807) is 10.8 Å². The number of pyridine rings is 2. The lowest BCUT2D eigenvalue weighted by atomic mass is 10.1. The third-order valence-corrected chi connectivity index (χ3v) is 4.75. The van der Waals surface area contributed by atoms with Gasteiger partial charge in [-0.05, 0) is 53.6 Å². The molecule has 0 aliphatic carbocycles. The first-order chi connectivity index (χ1) is 13.3. The topological polar surface area (TPSA) is 52.2 Å². The standard InChI is InChI=1S/C22H16N4O/c27-21-14-24-22-20(8-4-11-23-22)26(21)15-16-5-3-6-17(13-16)19-10-9-18-7-1-2-12-25(18)19/h1-14H,15H2. The van der Waals surface area contributed by atoms with Crippen molar-refractivity contribution in [3.63, 3.8) is 0 Å². The summed E-state index contributed by atoms with van der Waals surface area (Å²) >= 11 is 0. The molecular formula is C22H16N4O. The van der Waals surface area contributed by atoms with Crippen molar-refractivity contribution in [3.8, 4) is 11.3 Å². The molecule has 0 aliphatic rings. The highest BCUT2D eigenvalue weighted by molar-refractivity contribution is 5.70. The van der Waals surface area contributed by atoms with Crippen molar-refractivity contribution >= 4 is 16.7 Å². The summed E-state index contributed by atoms with van der Waals surface area (Å²) in [5, 5.41) is 0. The van der Waals surface area contributed by atoms with Crippen LogP contribution < -0.4 is 5.56 Å². The highest BCUT2D eigenvalue weighted by atomic mass is 16.1. The van der Waals surface area contributed by atoms with Gasteiger partial charge in [0, 0.05) is 17.9 Å². The normalized spacial score (nSPS) is 11.3. The maximum absolute atomic E-state index is 12.4. The molecule has 4 aromatic heterocycles. The van der Waals surface area contributed by atoms with Crippen LogP contribution in [-0.4, -0.2) is 18.9 Å². The van der Waals surface area contributed by atoms with Crippen LogP contribution in [0.4, 0.5) is 0 Å². The van der Waals surface area contributed by atoms with Crippen molar-refractivity contribution in [3.05, 3.63) is 101 Å². The fourth-order valence-electron chi connectivity index (χ4n) is 3.47. The van der Waals surface area contributed by atoms with Gasteiger partial charge in [-0.3, -0.25) is 9.36 Å². The summed E-state index contributed by atoms with van der Waals surface area (Å²) in [5.74, 6) is 0. The molecule has 0 radical (unpaired) electrons. The van der Waals surface area contributed by atoms with E-state index in [0.29, 0.717) is 12.2 Å². The van der Waals surface area contributed by atoms with Crippen LogP contribution >= 0.6 is 0 Å². The summed E-state index contributed by atoms with van der Waals surface area (Å²) in [6.07, 6.45) is 5.08. The fraction of sp³-hybridized carbons (Fsp3) is 0.0455. The molecule has 0 bridgehead atoms. The largest absolute Gasteiger partial charge is 0.317 e. The predicted molar refractivity (Wildman–Crippen MR) is 106 cm³/mol. The van der Waals surface area contributed by atoms with Gasteiger partial charge in [0.15, 0.2) is 5.65 Å². The number of fused-ring (bicyclic) bond motifs is 2. The molecule has 0 unspecified atom stereocenters. The Morgan fingerprint density at radius 2 is 1.85 bits per heavy atom. The second-order valence-electron chi connectivity index (χ2n) is 6.44. The van der Waals surface area contributed by atoms with E-state index in [0.717, 1.165) is 27.9 Å². The van der Waals surface area contributed by atoms with Gasteiger partial charge in [-0.15, -0.1) is 0 Å². The van der Waals surface area contributed by atoms with Gasteiger partial charge in [0.1, 0.15) is 0 Å². The van der Waals surface area contributed by atoms with Crippen molar-refractivity contribution in [2.45, 2.75) is 6.54 Å². The lowest BCUT2D eigenvalue weighted by molar-refractivity contribution is 0.784. The van der Waals surface area contributed by atoms with Gasteiger partial charge in [0.2, 0.25) is 0 Å². The smallest absolute Gasteiger partial charge is 0.269 e. The Bertz CT molecular complexity index is 1330. The Kier molecular flexibility index (Phi) is 3.57. The van der Waals surface area contributed by atoms with Crippen LogP contribution in [0.5, 0.6) is 0 Å². The monoisotopic (exact) mass is 352 g/mol. The molecule has 5 rings (SSSR count). The molecule has 0 saturated carbocycles. The SMILES string of the molecule is O=c1cnc2ncccc2n1Cc1cccc(-c2ccc3ccccn23)c1. The van der Waals surface area contributed by atoms with E-state index in [9.17, 15) is 4.79 Å². The van der Waals surface area contributed by atoms with Crippen LogP contribution in [0.2, 0.25) is 0 Å². The molecule has 27 heavy (non-hydrogen) atoms. The summed E-state index contributed by atoms with van der Waals surface area (Å²) in [5.41, 5.74) is 5.63. The second-order valence-corrected chi connectivity index (χ2v) is 6.44. The Morgan fingerprint density at radius 3 is 2.81 bits per heavy atom. The van der Waals surface area contributed by atoms with Crippen LogP contribution in [0, 0.1) is 0 Å². The minimum Gasteiger partial charge on any atom is -0.317 e. The predicted octanol–water partition coefficient (Wildman–Crippen LogP) is 3.76. The summed E-state index contributed by atoms with van der Waals surface area (Å²) in [4.78, 5) is 20.8. The van der Waals surface area contributed by atoms with Crippen LogP contribution in [0.15, 0.2) is 90.1 Å². The molecule has 4 heterocycles. The maximum atomic E-state index is 12.4. The van der Waals surface area contributed by atoms with Crippen molar-refractivity contribution in [2.24, 2.45) is 0 Å². The average Bonchev–Trinajstić information content (AvgIpc) is 3.15. The van der Waals surface area contributed by atoms with Crippen LogP contribution in [0.1, 0.15) is 5.56 Å². The number of aromatic nitrogens is 4. The highest BCUT2D eigenvalue weighted by Gasteiger charge is 2.08. The Balaban J connectivity index is 1.60. The molecule has 0 spiro atoms. The number of rotatable bonds is 3. The molecule has 0 amide bonds. The molecule has 0 aliphatic heterocycles. The molecule has 0 fully saturated rings. The molecule has 0 N–H and O–H groups in total. The zero-order valence-corrected chi connectivity index (χ0v) is 14.5.